The normalized spacial score (nSPS) is 10.6. The minimum Gasteiger partial charge on any atom is -0.384 e. The molecule has 0 amide bonds. The van der Waals surface area contributed by atoms with Crippen molar-refractivity contribution in [1.29, 1.82) is 0 Å². The van der Waals surface area contributed by atoms with Crippen molar-refractivity contribution in [3.05, 3.63) is 24.0 Å². The summed E-state index contributed by atoms with van der Waals surface area (Å²) in [7, 11) is 0. The predicted octanol–water partition coefficient (Wildman–Crippen LogP) is 1.64. The Kier molecular flexibility index (Phi) is 2.85. The topological polar surface area (TPSA) is 69.6 Å². The van der Waals surface area contributed by atoms with Crippen LogP contribution in [0.1, 0.15) is 19.0 Å². The van der Waals surface area contributed by atoms with E-state index in [0.29, 0.717) is 11.6 Å². The fraction of sp³-hybridized carbons (Fsp3) is 0.364. The van der Waals surface area contributed by atoms with Gasteiger partial charge in [0.1, 0.15) is 11.5 Å². The number of hydrogen-bond donors (Lipinski definition) is 1. The van der Waals surface area contributed by atoms with Gasteiger partial charge in [0.2, 0.25) is 0 Å². The van der Waals surface area contributed by atoms with E-state index < -0.39 is 0 Å². The third-order valence-electron chi connectivity index (χ3n) is 2.26. The van der Waals surface area contributed by atoms with Crippen molar-refractivity contribution in [2.45, 2.75) is 26.8 Å². The van der Waals surface area contributed by atoms with Crippen LogP contribution in [0.4, 0.5) is 5.82 Å². The lowest BCUT2D eigenvalue weighted by molar-refractivity contribution is 0.606. The van der Waals surface area contributed by atoms with Gasteiger partial charge in [0.15, 0.2) is 5.82 Å². The molecule has 0 radical (unpaired) electrons. The third kappa shape index (κ3) is 2.03. The van der Waals surface area contributed by atoms with Gasteiger partial charge in [0, 0.05) is 24.5 Å². The van der Waals surface area contributed by atoms with E-state index in [2.05, 4.69) is 22.0 Å². The Labute approximate surface area is 94.3 Å². The molecule has 0 saturated carbocycles. The summed E-state index contributed by atoms with van der Waals surface area (Å²) in [5, 5.41) is 4.24. The van der Waals surface area contributed by atoms with Crippen molar-refractivity contribution >= 4 is 5.82 Å². The van der Waals surface area contributed by atoms with Crippen molar-refractivity contribution in [2.75, 3.05) is 5.73 Å². The quantitative estimate of drug-likeness (QED) is 0.848. The number of anilines is 1. The Bertz CT molecular complexity index is 469. The number of nitrogens with two attached hydrogens (primary N) is 1. The molecule has 0 atom stereocenters. The zero-order chi connectivity index (χ0) is 11.5. The molecule has 0 aromatic carbocycles. The summed E-state index contributed by atoms with van der Waals surface area (Å²) in [5.74, 6) is 1.13. The number of nitrogens with zero attached hydrogens (tertiary/aromatic N) is 4. The monoisotopic (exact) mass is 217 g/mol. The van der Waals surface area contributed by atoms with E-state index in [9.17, 15) is 0 Å². The highest BCUT2D eigenvalue weighted by Gasteiger charge is 2.08. The van der Waals surface area contributed by atoms with Gasteiger partial charge in [-0.25, -0.2) is 9.97 Å². The maximum atomic E-state index is 5.71. The van der Waals surface area contributed by atoms with Gasteiger partial charge >= 0.3 is 0 Å². The van der Waals surface area contributed by atoms with Crippen LogP contribution in [0, 0.1) is 6.92 Å². The average Bonchev–Trinajstić information content (AvgIpc) is 2.65. The van der Waals surface area contributed by atoms with E-state index in [1.54, 1.807) is 12.3 Å². The van der Waals surface area contributed by atoms with Gasteiger partial charge < -0.3 is 5.73 Å². The van der Waals surface area contributed by atoms with Gasteiger partial charge in [-0.3, -0.25) is 4.68 Å². The molecule has 0 aliphatic rings. The van der Waals surface area contributed by atoms with Crippen LogP contribution in [-0.4, -0.2) is 19.7 Å². The molecule has 0 aliphatic carbocycles. The zero-order valence-corrected chi connectivity index (χ0v) is 9.51. The summed E-state index contributed by atoms with van der Waals surface area (Å²) in [6, 6.07) is 3.66. The largest absolute Gasteiger partial charge is 0.384 e. The van der Waals surface area contributed by atoms with Crippen LogP contribution in [0.2, 0.25) is 0 Å². The lowest BCUT2D eigenvalue weighted by Gasteiger charge is -2.06. The first kappa shape index (κ1) is 10.6. The molecule has 2 heterocycles. The van der Waals surface area contributed by atoms with Crippen molar-refractivity contribution in [3.63, 3.8) is 0 Å². The Morgan fingerprint density at radius 3 is 2.88 bits per heavy atom. The Morgan fingerprint density at radius 1 is 1.38 bits per heavy atom. The second-order valence-corrected chi connectivity index (χ2v) is 3.70. The second-order valence-electron chi connectivity index (χ2n) is 3.70. The highest BCUT2D eigenvalue weighted by atomic mass is 15.3. The van der Waals surface area contributed by atoms with Crippen LogP contribution in [0.3, 0.4) is 0 Å². The molecule has 2 rings (SSSR count). The van der Waals surface area contributed by atoms with E-state index in [4.69, 9.17) is 5.73 Å². The minimum absolute atomic E-state index is 0.492. The van der Waals surface area contributed by atoms with E-state index in [1.807, 2.05) is 17.7 Å². The van der Waals surface area contributed by atoms with E-state index in [0.717, 1.165) is 24.4 Å². The Morgan fingerprint density at radius 2 is 2.19 bits per heavy atom. The second kappa shape index (κ2) is 4.30. The zero-order valence-electron chi connectivity index (χ0n) is 9.51. The SMILES string of the molecule is CCCn1nccc1-c1nc(C)cc(N)n1. The average molecular weight is 217 g/mol. The van der Waals surface area contributed by atoms with Crippen molar-refractivity contribution in [1.82, 2.24) is 19.7 Å². The van der Waals surface area contributed by atoms with Gasteiger partial charge in [0.25, 0.3) is 0 Å². The number of aryl methyl sites for hydroxylation is 2. The maximum absolute atomic E-state index is 5.71. The molecular weight excluding hydrogens is 202 g/mol. The van der Waals surface area contributed by atoms with E-state index in [1.165, 1.54) is 0 Å². The first-order valence-corrected chi connectivity index (χ1v) is 5.34. The molecule has 2 aromatic rings. The summed E-state index contributed by atoms with van der Waals surface area (Å²) in [6.45, 7) is 4.87. The third-order valence-corrected chi connectivity index (χ3v) is 2.26. The molecular formula is C11H15N5. The van der Waals surface area contributed by atoms with Gasteiger partial charge in [-0.05, 0) is 19.4 Å². The molecule has 0 saturated heterocycles. The fourth-order valence-corrected chi connectivity index (χ4v) is 1.62. The molecule has 16 heavy (non-hydrogen) atoms. The molecule has 0 unspecified atom stereocenters. The Balaban J connectivity index is 2.45. The molecule has 5 heteroatoms. The van der Waals surface area contributed by atoms with Gasteiger partial charge in [0.05, 0.1) is 0 Å². The molecule has 5 nitrogen and oxygen atoms in total. The maximum Gasteiger partial charge on any atom is 0.180 e. The lowest BCUT2D eigenvalue weighted by atomic mass is 10.3. The standard InChI is InChI=1S/C11H15N5/c1-3-6-16-9(4-5-13-16)11-14-8(2)7-10(12)15-11/h4-5,7H,3,6H2,1-2H3,(H2,12,14,15). The summed E-state index contributed by atoms with van der Waals surface area (Å²) in [5.41, 5.74) is 7.49. The lowest BCUT2D eigenvalue weighted by Crippen LogP contribution is -2.05. The summed E-state index contributed by atoms with van der Waals surface area (Å²) >= 11 is 0. The van der Waals surface area contributed by atoms with Crippen LogP contribution in [0.5, 0.6) is 0 Å². The predicted molar refractivity (Wildman–Crippen MR) is 62.7 cm³/mol. The summed E-state index contributed by atoms with van der Waals surface area (Å²) in [4.78, 5) is 8.59. The minimum atomic E-state index is 0.492. The van der Waals surface area contributed by atoms with Gasteiger partial charge in [-0.2, -0.15) is 5.10 Å². The van der Waals surface area contributed by atoms with Crippen molar-refractivity contribution in [3.8, 4) is 11.5 Å². The van der Waals surface area contributed by atoms with E-state index in [-0.39, 0.29) is 0 Å². The number of nitrogen functional groups attached to an aromatic ring is 1. The smallest absolute Gasteiger partial charge is 0.180 e. The summed E-state index contributed by atoms with van der Waals surface area (Å²) < 4.78 is 1.90. The summed E-state index contributed by atoms with van der Waals surface area (Å²) in [6.07, 6.45) is 2.78. The molecule has 2 N–H and O–H groups in total. The highest BCUT2D eigenvalue weighted by molar-refractivity contribution is 5.52. The van der Waals surface area contributed by atoms with Gasteiger partial charge in [-0.15, -0.1) is 0 Å². The first-order chi connectivity index (χ1) is 7.70. The molecule has 0 bridgehead atoms. The van der Waals surface area contributed by atoms with E-state index >= 15 is 0 Å². The van der Waals surface area contributed by atoms with Crippen LogP contribution < -0.4 is 5.73 Å². The molecule has 84 valence electrons. The number of hydrogen-bond acceptors (Lipinski definition) is 4. The Hall–Kier alpha value is -1.91. The van der Waals surface area contributed by atoms with Crippen LogP contribution in [0.15, 0.2) is 18.3 Å². The first-order valence-electron chi connectivity index (χ1n) is 5.34. The van der Waals surface area contributed by atoms with Crippen LogP contribution >= 0.6 is 0 Å². The molecule has 2 aromatic heterocycles. The van der Waals surface area contributed by atoms with Gasteiger partial charge in [-0.1, -0.05) is 6.92 Å². The van der Waals surface area contributed by atoms with Crippen LogP contribution in [-0.2, 0) is 6.54 Å². The number of aromatic nitrogens is 4. The highest BCUT2D eigenvalue weighted by Crippen LogP contribution is 2.16. The molecule has 0 aliphatic heterocycles. The van der Waals surface area contributed by atoms with Crippen molar-refractivity contribution < 1.29 is 0 Å². The molecule has 0 fully saturated rings. The van der Waals surface area contributed by atoms with Crippen LogP contribution in [0.25, 0.3) is 11.5 Å². The number of rotatable bonds is 3. The fourth-order valence-electron chi connectivity index (χ4n) is 1.62. The van der Waals surface area contributed by atoms with Crippen molar-refractivity contribution in [2.24, 2.45) is 0 Å². The molecule has 0 spiro atoms.